The van der Waals surface area contributed by atoms with Crippen LogP contribution in [-0.2, 0) is 16.3 Å². The second-order valence-corrected chi connectivity index (χ2v) is 8.70. The number of hydrogen-bond acceptors (Lipinski definition) is 3. The summed E-state index contributed by atoms with van der Waals surface area (Å²) in [5, 5.41) is 3.54. The van der Waals surface area contributed by atoms with E-state index < -0.39 is 9.84 Å². The number of rotatable bonds is 9. The highest BCUT2D eigenvalue weighted by Gasteiger charge is 2.15. The molecule has 0 amide bonds. The van der Waals surface area contributed by atoms with Crippen LogP contribution in [0.1, 0.15) is 23.6 Å². The smallest absolute Gasteiger partial charge is 0.178 e. The zero-order valence-corrected chi connectivity index (χ0v) is 16.1. The van der Waals surface area contributed by atoms with E-state index in [9.17, 15) is 8.42 Å². The molecule has 0 bridgehead atoms. The predicted molar refractivity (Wildman–Crippen MR) is 110 cm³/mol. The van der Waals surface area contributed by atoms with E-state index in [1.165, 1.54) is 11.1 Å². The summed E-state index contributed by atoms with van der Waals surface area (Å²) in [7, 11) is -3.22. The molecule has 0 radical (unpaired) electrons. The van der Waals surface area contributed by atoms with Crippen LogP contribution in [0, 0.1) is 0 Å². The first-order valence-corrected chi connectivity index (χ1v) is 10.9. The van der Waals surface area contributed by atoms with Crippen LogP contribution in [0.5, 0.6) is 0 Å². The van der Waals surface area contributed by atoms with Gasteiger partial charge in [0.05, 0.1) is 10.6 Å². The Morgan fingerprint density at radius 3 is 1.93 bits per heavy atom. The van der Waals surface area contributed by atoms with Crippen LogP contribution in [0.4, 0.5) is 0 Å². The van der Waals surface area contributed by atoms with Crippen molar-refractivity contribution in [3.05, 3.63) is 102 Å². The molecule has 27 heavy (non-hydrogen) atoms. The van der Waals surface area contributed by atoms with Crippen molar-refractivity contribution in [2.24, 2.45) is 0 Å². The Balaban J connectivity index is 1.60. The summed E-state index contributed by atoms with van der Waals surface area (Å²) in [6.07, 6.45) is 1.45. The van der Waals surface area contributed by atoms with Gasteiger partial charge in [-0.2, -0.15) is 0 Å². The summed E-state index contributed by atoms with van der Waals surface area (Å²) in [5.74, 6) is 0.150. The quantitative estimate of drug-likeness (QED) is 0.560. The molecule has 1 N–H and O–H groups in total. The Bertz CT molecular complexity index is 910. The molecule has 1 unspecified atom stereocenters. The van der Waals surface area contributed by atoms with Gasteiger partial charge in [-0.3, -0.25) is 0 Å². The molecular formula is C23H25NO2S. The zero-order valence-electron chi connectivity index (χ0n) is 15.3. The Labute approximate surface area is 162 Å². The minimum atomic E-state index is -3.22. The monoisotopic (exact) mass is 379 g/mol. The fourth-order valence-electron chi connectivity index (χ4n) is 3.13. The average Bonchev–Trinajstić information content (AvgIpc) is 2.72. The zero-order chi connectivity index (χ0) is 19.0. The van der Waals surface area contributed by atoms with E-state index in [4.69, 9.17) is 0 Å². The molecule has 3 rings (SSSR count). The van der Waals surface area contributed by atoms with E-state index in [1.807, 2.05) is 42.5 Å². The van der Waals surface area contributed by atoms with E-state index in [0.717, 1.165) is 6.42 Å². The molecule has 0 fully saturated rings. The van der Waals surface area contributed by atoms with Crippen molar-refractivity contribution in [2.45, 2.75) is 23.8 Å². The van der Waals surface area contributed by atoms with E-state index in [-0.39, 0.29) is 11.8 Å². The second kappa shape index (κ2) is 9.49. The Kier molecular flexibility index (Phi) is 6.80. The molecule has 0 saturated heterocycles. The molecule has 3 aromatic rings. The van der Waals surface area contributed by atoms with Crippen LogP contribution < -0.4 is 5.32 Å². The molecular weight excluding hydrogens is 354 g/mol. The number of hydrogen-bond donors (Lipinski definition) is 1. The predicted octanol–water partition coefficient (Wildman–Crippen LogP) is 4.42. The summed E-state index contributed by atoms with van der Waals surface area (Å²) < 4.78 is 24.8. The molecule has 1 atom stereocenters. The van der Waals surface area contributed by atoms with Crippen LogP contribution in [0.2, 0.25) is 0 Å². The highest BCUT2D eigenvalue weighted by Crippen LogP contribution is 2.18. The van der Waals surface area contributed by atoms with Gasteiger partial charge in [0.25, 0.3) is 0 Å². The average molecular weight is 380 g/mol. The van der Waals surface area contributed by atoms with Gasteiger partial charge in [0.2, 0.25) is 0 Å². The third kappa shape index (κ3) is 5.78. The Morgan fingerprint density at radius 1 is 0.741 bits per heavy atom. The Morgan fingerprint density at radius 2 is 1.30 bits per heavy atom. The number of benzene rings is 3. The highest BCUT2D eigenvalue weighted by atomic mass is 32.2. The third-order valence-electron chi connectivity index (χ3n) is 4.57. The Hall–Kier alpha value is -2.43. The van der Waals surface area contributed by atoms with Crippen molar-refractivity contribution in [3.63, 3.8) is 0 Å². The molecule has 0 aliphatic rings. The molecule has 0 aliphatic carbocycles. The van der Waals surface area contributed by atoms with Gasteiger partial charge in [-0.15, -0.1) is 0 Å². The van der Waals surface area contributed by atoms with Crippen molar-refractivity contribution >= 4 is 9.84 Å². The lowest BCUT2D eigenvalue weighted by Gasteiger charge is -2.19. The van der Waals surface area contributed by atoms with E-state index >= 15 is 0 Å². The molecule has 4 heteroatoms. The fourth-order valence-corrected chi connectivity index (χ4v) is 4.46. The van der Waals surface area contributed by atoms with Crippen LogP contribution in [0.3, 0.4) is 0 Å². The first-order valence-electron chi connectivity index (χ1n) is 9.25. The molecule has 0 heterocycles. The van der Waals surface area contributed by atoms with Gasteiger partial charge < -0.3 is 5.32 Å². The van der Waals surface area contributed by atoms with Gasteiger partial charge in [0.15, 0.2) is 9.84 Å². The van der Waals surface area contributed by atoms with Gasteiger partial charge in [-0.25, -0.2) is 8.42 Å². The normalized spacial score (nSPS) is 12.6. The molecule has 0 aromatic heterocycles. The lowest BCUT2D eigenvalue weighted by Crippen LogP contribution is -2.26. The first-order chi connectivity index (χ1) is 13.1. The van der Waals surface area contributed by atoms with Gasteiger partial charge in [-0.05, 0) is 42.6 Å². The fraction of sp³-hybridized carbons (Fsp3) is 0.217. The summed E-state index contributed by atoms with van der Waals surface area (Å²) >= 11 is 0. The van der Waals surface area contributed by atoms with E-state index in [1.54, 1.807) is 24.3 Å². The van der Waals surface area contributed by atoms with Crippen LogP contribution in [0.25, 0.3) is 0 Å². The van der Waals surface area contributed by atoms with Gasteiger partial charge in [-0.1, -0.05) is 78.9 Å². The maximum absolute atomic E-state index is 12.4. The minimum Gasteiger partial charge on any atom is -0.310 e. The van der Waals surface area contributed by atoms with Crippen molar-refractivity contribution < 1.29 is 8.42 Å². The van der Waals surface area contributed by atoms with E-state index in [2.05, 4.69) is 29.6 Å². The van der Waals surface area contributed by atoms with Crippen molar-refractivity contribution in [3.8, 4) is 0 Å². The molecule has 0 spiro atoms. The van der Waals surface area contributed by atoms with E-state index in [0.29, 0.717) is 17.9 Å². The number of sulfone groups is 1. The first kappa shape index (κ1) is 19.3. The lowest BCUT2D eigenvalue weighted by atomic mass is 9.99. The molecule has 3 nitrogen and oxygen atoms in total. The number of nitrogens with one attached hydrogen (secondary N) is 1. The van der Waals surface area contributed by atoms with Crippen LogP contribution >= 0.6 is 0 Å². The SMILES string of the molecule is O=S(=O)(CCCNC(Cc1ccccc1)c1ccccc1)c1ccccc1. The van der Waals surface area contributed by atoms with Crippen LogP contribution in [0.15, 0.2) is 95.9 Å². The highest BCUT2D eigenvalue weighted by molar-refractivity contribution is 7.91. The maximum Gasteiger partial charge on any atom is 0.178 e. The third-order valence-corrected chi connectivity index (χ3v) is 6.38. The lowest BCUT2D eigenvalue weighted by molar-refractivity contribution is 0.526. The van der Waals surface area contributed by atoms with Crippen molar-refractivity contribution in [1.82, 2.24) is 5.32 Å². The standard InChI is InChI=1S/C23H25NO2S/c25-27(26,22-15-8-3-9-16-22)18-10-17-24-23(21-13-6-2-7-14-21)19-20-11-4-1-5-12-20/h1-9,11-16,23-24H,10,17-19H2. The molecule has 140 valence electrons. The summed E-state index contributed by atoms with van der Waals surface area (Å²) in [6, 6.07) is 29.5. The largest absolute Gasteiger partial charge is 0.310 e. The molecule has 0 aliphatic heterocycles. The molecule has 0 saturated carbocycles. The van der Waals surface area contributed by atoms with Crippen molar-refractivity contribution in [1.29, 1.82) is 0 Å². The van der Waals surface area contributed by atoms with Crippen LogP contribution in [-0.4, -0.2) is 20.7 Å². The van der Waals surface area contributed by atoms with Crippen molar-refractivity contribution in [2.75, 3.05) is 12.3 Å². The maximum atomic E-state index is 12.4. The second-order valence-electron chi connectivity index (χ2n) is 6.59. The van der Waals surface area contributed by atoms with Gasteiger partial charge >= 0.3 is 0 Å². The van der Waals surface area contributed by atoms with Gasteiger partial charge in [0, 0.05) is 6.04 Å². The topological polar surface area (TPSA) is 46.2 Å². The minimum absolute atomic E-state index is 0.150. The summed E-state index contributed by atoms with van der Waals surface area (Å²) in [4.78, 5) is 0.397. The summed E-state index contributed by atoms with van der Waals surface area (Å²) in [6.45, 7) is 0.651. The van der Waals surface area contributed by atoms with Gasteiger partial charge in [0.1, 0.15) is 0 Å². The molecule has 3 aromatic carbocycles. The summed E-state index contributed by atoms with van der Waals surface area (Å²) in [5.41, 5.74) is 2.48.